The van der Waals surface area contributed by atoms with Crippen molar-refractivity contribution in [1.82, 2.24) is 0 Å². The van der Waals surface area contributed by atoms with Crippen LogP contribution in [0.1, 0.15) is 0 Å². The second kappa shape index (κ2) is 7.33. The van der Waals surface area contributed by atoms with Crippen LogP contribution in [0.15, 0.2) is 72.8 Å². The number of hydrogen-bond acceptors (Lipinski definition) is 0. The van der Waals surface area contributed by atoms with E-state index in [1.54, 1.807) is 0 Å². The van der Waals surface area contributed by atoms with Crippen LogP contribution in [0.5, 0.6) is 0 Å². The van der Waals surface area contributed by atoms with Crippen molar-refractivity contribution in [2.75, 3.05) is 0 Å². The molecule has 0 spiro atoms. The van der Waals surface area contributed by atoms with Crippen molar-refractivity contribution in [1.29, 1.82) is 0 Å². The van der Waals surface area contributed by atoms with Crippen LogP contribution in [0, 0.1) is 0 Å². The predicted molar refractivity (Wildman–Crippen MR) is 112 cm³/mol. The normalized spacial score (nSPS) is 11.2. The molecule has 24 heavy (non-hydrogen) atoms. The molecule has 0 N–H and O–H groups in total. The highest BCUT2D eigenvalue weighted by atomic mass is 28.3. The first-order valence-electron chi connectivity index (χ1n) is 8.48. The zero-order valence-corrected chi connectivity index (χ0v) is 16.9. The highest BCUT2D eigenvalue weighted by Crippen LogP contribution is 2.24. The highest BCUT2D eigenvalue weighted by molar-refractivity contribution is 6.72. The van der Waals surface area contributed by atoms with Gasteiger partial charge in [-0.05, 0) is 22.3 Å². The van der Waals surface area contributed by atoms with Crippen molar-refractivity contribution < 1.29 is 0 Å². The van der Waals surface area contributed by atoms with E-state index in [2.05, 4.69) is 99.0 Å². The van der Waals surface area contributed by atoms with Crippen molar-refractivity contribution >= 4 is 28.0 Å². The number of hydrogen-bond donors (Lipinski definition) is 0. The summed E-state index contributed by atoms with van der Waals surface area (Å²) in [5.41, 5.74) is 5.45. The van der Waals surface area contributed by atoms with Crippen LogP contribution >= 0.6 is 0 Å². The second-order valence-corrected chi connectivity index (χ2v) is 11.7. The molecule has 0 saturated carbocycles. The van der Waals surface area contributed by atoms with Crippen LogP contribution in [0.3, 0.4) is 0 Å². The average molecular weight is 345 g/mol. The Balaban J connectivity index is 2.01. The van der Waals surface area contributed by atoms with E-state index in [-0.39, 0.29) is 0 Å². The molecule has 0 fully saturated rings. The third-order valence-corrected chi connectivity index (χ3v) is 7.47. The van der Waals surface area contributed by atoms with Gasteiger partial charge in [-0.3, -0.25) is 0 Å². The van der Waals surface area contributed by atoms with E-state index in [1.165, 1.54) is 32.6 Å². The standard InChI is InChI=1S/C22H24Si2/c1-23(2)21-11-7-5-9-19(21)17-13-15-18(16-14-17)20-10-6-8-12-22(20)24(3)4/h5-16H,1-4H3. The lowest BCUT2D eigenvalue weighted by atomic mass is 10.0. The maximum atomic E-state index is 2.36. The lowest BCUT2D eigenvalue weighted by Gasteiger charge is -2.14. The Hall–Kier alpha value is -1.91. The summed E-state index contributed by atoms with van der Waals surface area (Å²) in [6.45, 7) is 9.45. The fraction of sp³-hybridized carbons (Fsp3) is 0.182. The van der Waals surface area contributed by atoms with Crippen molar-refractivity contribution in [3.63, 3.8) is 0 Å². The third kappa shape index (κ3) is 3.45. The van der Waals surface area contributed by atoms with Gasteiger partial charge in [-0.15, -0.1) is 0 Å². The Bertz CT molecular complexity index is 747. The quantitative estimate of drug-likeness (QED) is 0.588. The van der Waals surface area contributed by atoms with E-state index >= 15 is 0 Å². The lowest BCUT2D eigenvalue weighted by molar-refractivity contribution is 1.61. The average Bonchev–Trinajstić information content (AvgIpc) is 2.62. The molecule has 3 rings (SSSR count). The van der Waals surface area contributed by atoms with Crippen LogP contribution in [0.2, 0.25) is 26.2 Å². The summed E-state index contributed by atoms with van der Waals surface area (Å²) in [5.74, 6) is 0. The summed E-state index contributed by atoms with van der Waals surface area (Å²) in [6, 6.07) is 26.9. The minimum atomic E-state index is -0.464. The summed E-state index contributed by atoms with van der Waals surface area (Å²) >= 11 is 0. The fourth-order valence-corrected chi connectivity index (χ4v) is 5.56. The molecule has 0 aliphatic rings. The van der Waals surface area contributed by atoms with Crippen molar-refractivity contribution in [2.45, 2.75) is 26.2 Å². The summed E-state index contributed by atoms with van der Waals surface area (Å²) < 4.78 is 0. The third-order valence-electron chi connectivity index (χ3n) is 4.44. The molecule has 0 nitrogen and oxygen atoms in total. The van der Waals surface area contributed by atoms with Gasteiger partial charge >= 0.3 is 0 Å². The Morgan fingerprint density at radius 1 is 0.458 bits per heavy atom. The fourth-order valence-electron chi connectivity index (χ4n) is 3.17. The molecular weight excluding hydrogens is 320 g/mol. The zero-order valence-electron chi connectivity index (χ0n) is 14.9. The second-order valence-electron chi connectivity index (χ2n) is 6.67. The molecule has 0 saturated heterocycles. The molecule has 3 aromatic carbocycles. The monoisotopic (exact) mass is 344 g/mol. The van der Waals surface area contributed by atoms with Crippen LogP contribution < -0.4 is 10.4 Å². The van der Waals surface area contributed by atoms with Gasteiger partial charge in [0.15, 0.2) is 0 Å². The SMILES string of the molecule is C[Si](C)c1ccccc1-c1ccc(-c2ccccc2[Si](C)C)cc1. The number of benzene rings is 3. The minimum absolute atomic E-state index is 0.464. The van der Waals surface area contributed by atoms with Gasteiger partial charge < -0.3 is 0 Å². The van der Waals surface area contributed by atoms with E-state index in [0.29, 0.717) is 0 Å². The zero-order chi connectivity index (χ0) is 17.1. The first-order valence-corrected chi connectivity index (χ1v) is 13.5. The molecule has 0 amide bonds. The molecule has 3 aromatic rings. The van der Waals surface area contributed by atoms with Gasteiger partial charge in [0.25, 0.3) is 0 Å². The van der Waals surface area contributed by atoms with Crippen LogP contribution in [-0.4, -0.2) is 17.6 Å². The molecule has 0 atom stereocenters. The molecular formula is C22H24Si2. The molecule has 0 bridgehead atoms. The van der Waals surface area contributed by atoms with E-state index in [0.717, 1.165) is 0 Å². The van der Waals surface area contributed by atoms with Crippen molar-refractivity contribution in [3.8, 4) is 22.3 Å². The largest absolute Gasteiger partial charge is 0.0799 e. The summed E-state index contributed by atoms with van der Waals surface area (Å²) in [6.07, 6.45) is 0. The maximum Gasteiger partial charge on any atom is 0.0799 e. The molecule has 0 aliphatic carbocycles. The van der Waals surface area contributed by atoms with E-state index in [4.69, 9.17) is 0 Å². The molecule has 0 heterocycles. The van der Waals surface area contributed by atoms with Crippen LogP contribution in [0.25, 0.3) is 22.3 Å². The van der Waals surface area contributed by atoms with Crippen molar-refractivity contribution in [3.05, 3.63) is 72.8 Å². The highest BCUT2D eigenvalue weighted by Gasteiger charge is 2.11. The van der Waals surface area contributed by atoms with Gasteiger partial charge in [0.1, 0.15) is 0 Å². The first kappa shape index (κ1) is 16.9. The molecule has 2 heteroatoms. The van der Waals surface area contributed by atoms with Gasteiger partial charge in [0.05, 0.1) is 17.6 Å². The van der Waals surface area contributed by atoms with Gasteiger partial charge in [-0.1, -0.05) is 109 Å². The van der Waals surface area contributed by atoms with Gasteiger partial charge in [0, 0.05) is 0 Å². The maximum absolute atomic E-state index is 2.36. The van der Waals surface area contributed by atoms with Gasteiger partial charge in [-0.25, -0.2) is 0 Å². The lowest BCUT2D eigenvalue weighted by Crippen LogP contribution is -2.25. The smallest absolute Gasteiger partial charge is 0.0671 e. The van der Waals surface area contributed by atoms with E-state index in [1.807, 2.05) is 0 Å². The van der Waals surface area contributed by atoms with Crippen LogP contribution in [0.4, 0.5) is 0 Å². The molecule has 0 aliphatic heterocycles. The number of rotatable bonds is 4. The topological polar surface area (TPSA) is 0 Å². The van der Waals surface area contributed by atoms with Gasteiger partial charge in [-0.2, -0.15) is 0 Å². The Morgan fingerprint density at radius 3 is 1.12 bits per heavy atom. The Morgan fingerprint density at radius 2 is 0.792 bits per heavy atom. The van der Waals surface area contributed by atoms with Crippen LogP contribution in [-0.2, 0) is 0 Å². The summed E-state index contributed by atoms with van der Waals surface area (Å²) in [5, 5.41) is 3.03. The predicted octanol–water partition coefficient (Wildman–Crippen LogP) is 4.94. The van der Waals surface area contributed by atoms with E-state index in [9.17, 15) is 0 Å². The first-order chi connectivity index (χ1) is 11.6. The van der Waals surface area contributed by atoms with Gasteiger partial charge in [0.2, 0.25) is 0 Å². The molecule has 120 valence electrons. The summed E-state index contributed by atoms with van der Waals surface area (Å²) in [7, 11) is -0.929. The Labute approximate surface area is 149 Å². The molecule has 2 radical (unpaired) electrons. The summed E-state index contributed by atoms with van der Waals surface area (Å²) in [4.78, 5) is 0. The minimum Gasteiger partial charge on any atom is -0.0671 e. The molecule has 0 unspecified atom stereocenters. The van der Waals surface area contributed by atoms with E-state index < -0.39 is 17.6 Å². The van der Waals surface area contributed by atoms with Crippen molar-refractivity contribution in [2.24, 2.45) is 0 Å². The Kier molecular flexibility index (Phi) is 5.17. The molecule has 0 aromatic heterocycles.